The lowest BCUT2D eigenvalue weighted by Gasteiger charge is -2.29. The van der Waals surface area contributed by atoms with Gasteiger partial charge >= 0.3 is 6.09 Å². The van der Waals surface area contributed by atoms with Gasteiger partial charge in [-0.05, 0) is 44.1 Å². The number of piperidine rings is 1. The van der Waals surface area contributed by atoms with E-state index in [4.69, 9.17) is 11.6 Å². The highest BCUT2D eigenvalue weighted by Crippen LogP contribution is 2.20. The number of hydrogen-bond donors (Lipinski definition) is 1. The number of benzene rings is 1. The van der Waals surface area contributed by atoms with Crippen LogP contribution in [0.2, 0.25) is 5.02 Å². The molecule has 0 unspecified atom stereocenters. The van der Waals surface area contributed by atoms with Crippen molar-refractivity contribution in [1.29, 1.82) is 0 Å². The molecule has 1 aromatic carbocycles. The van der Waals surface area contributed by atoms with E-state index in [2.05, 4.69) is 4.90 Å². The average molecular weight is 283 g/mol. The van der Waals surface area contributed by atoms with Crippen LogP contribution in [0.4, 0.5) is 10.5 Å². The van der Waals surface area contributed by atoms with Gasteiger partial charge in [0, 0.05) is 23.8 Å². The van der Waals surface area contributed by atoms with Gasteiger partial charge in [-0.25, -0.2) is 4.79 Å². The maximum atomic E-state index is 11.3. The fourth-order valence-electron chi connectivity index (χ4n) is 2.40. The highest BCUT2D eigenvalue weighted by atomic mass is 35.5. The average Bonchev–Trinajstić information content (AvgIpc) is 2.40. The molecule has 4 nitrogen and oxygen atoms in total. The summed E-state index contributed by atoms with van der Waals surface area (Å²) in [5.41, 5.74) is 0.636. The van der Waals surface area contributed by atoms with Crippen LogP contribution >= 0.6 is 11.6 Å². The van der Waals surface area contributed by atoms with Crippen LogP contribution in [0.3, 0.4) is 0 Å². The van der Waals surface area contributed by atoms with E-state index in [1.807, 2.05) is 0 Å². The summed E-state index contributed by atoms with van der Waals surface area (Å²) in [7, 11) is 0. The van der Waals surface area contributed by atoms with E-state index < -0.39 is 6.09 Å². The van der Waals surface area contributed by atoms with Gasteiger partial charge in [-0.15, -0.1) is 0 Å². The van der Waals surface area contributed by atoms with Gasteiger partial charge in [-0.1, -0.05) is 24.1 Å². The third-order valence-corrected chi connectivity index (χ3v) is 3.67. The van der Waals surface area contributed by atoms with E-state index in [-0.39, 0.29) is 0 Å². The van der Waals surface area contributed by atoms with E-state index in [0.717, 1.165) is 19.6 Å². The van der Waals surface area contributed by atoms with Crippen LogP contribution in [0.15, 0.2) is 24.3 Å². The summed E-state index contributed by atoms with van der Waals surface area (Å²) >= 11 is 5.91. The molecule has 0 radical (unpaired) electrons. The molecule has 1 heterocycles. The maximum Gasteiger partial charge on any atom is 0.411 e. The molecule has 104 valence electrons. The van der Waals surface area contributed by atoms with Crippen molar-refractivity contribution in [2.45, 2.75) is 19.3 Å². The summed E-state index contributed by atoms with van der Waals surface area (Å²) < 4.78 is 0. The van der Waals surface area contributed by atoms with Gasteiger partial charge in [0.15, 0.2) is 0 Å². The van der Waals surface area contributed by atoms with Crippen LogP contribution in [0.5, 0.6) is 0 Å². The molecular weight excluding hydrogens is 264 g/mol. The van der Waals surface area contributed by atoms with Crippen LogP contribution in [-0.2, 0) is 0 Å². The van der Waals surface area contributed by atoms with Crippen molar-refractivity contribution in [3.8, 4) is 0 Å². The smallest absolute Gasteiger partial charge is 0.411 e. The second-order valence-electron chi connectivity index (χ2n) is 4.82. The molecule has 1 aromatic rings. The molecule has 19 heavy (non-hydrogen) atoms. The van der Waals surface area contributed by atoms with Crippen molar-refractivity contribution >= 4 is 23.4 Å². The van der Waals surface area contributed by atoms with E-state index in [1.165, 1.54) is 24.2 Å². The molecule has 0 spiro atoms. The minimum atomic E-state index is -0.931. The van der Waals surface area contributed by atoms with Crippen molar-refractivity contribution in [1.82, 2.24) is 4.90 Å². The second-order valence-corrected chi connectivity index (χ2v) is 5.25. The van der Waals surface area contributed by atoms with E-state index in [1.54, 1.807) is 24.3 Å². The van der Waals surface area contributed by atoms with Crippen molar-refractivity contribution in [2.24, 2.45) is 0 Å². The Bertz CT molecular complexity index is 433. The lowest BCUT2D eigenvalue weighted by atomic mass is 10.1. The molecule has 1 aliphatic heterocycles. The summed E-state index contributed by atoms with van der Waals surface area (Å²) in [6.45, 7) is 3.40. The van der Waals surface area contributed by atoms with Crippen LogP contribution in [0.25, 0.3) is 0 Å². The predicted molar refractivity (Wildman–Crippen MR) is 77.1 cm³/mol. The molecule has 0 aromatic heterocycles. The summed E-state index contributed by atoms with van der Waals surface area (Å²) in [4.78, 5) is 15.0. The first-order valence-electron chi connectivity index (χ1n) is 6.65. The van der Waals surface area contributed by atoms with Crippen LogP contribution in [0.1, 0.15) is 19.3 Å². The number of likely N-dealkylation sites (tertiary alicyclic amines) is 1. The minimum Gasteiger partial charge on any atom is -0.465 e. The zero-order chi connectivity index (χ0) is 13.7. The Morgan fingerprint density at radius 1 is 1.32 bits per heavy atom. The Labute approximate surface area is 118 Å². The Hall–Kier alpha value is -1.26. The van der Waals surface area contributed by atoms with E-state index in [0.29, 0.717) is 17.3 Å². The second kappa shape index (κ2) is 6.78. The SMILES string of the molecule is O=C(O)N(CCN1CCCCC1)c1cccc(Cl)c1. The number of hydrogen-bond acceptors (Lipinski definition) is 2. The largest absolute Gasteiger partial charge is 0.465 e. The highest BCUT2D eigenvalue weighted by Gasteiger charge is 2.17. The minimum absolute atomic E-state index is 0.482. The molecule has 5 heteroatoms. The summed E-state index contributed by atoms with van der Waals surface area (Å²) in [5.74, 6) is 0. The van der Waals surface area contributed by atoms with Gasteiger partial charge in [0.05, 0.1) is 0 Å². The third-order valence-electron chi connectivity index (χ3n) is 3.44. The maximum absolute atomic E-state index is 11.3. The highest BCUT2D eigenvalue weighted by molar-refractivity contribution is 6.30. The molecule has 0 aliphatic carbocycles. The van der Waals surface area contributed by atoms with Gasteiger partial charge in [-0.3, -0.25) is 4.90 Å². The van der Waals surface area contributed by atoms with Crippen LogP contribution in [-0.4, -0.2) is 42.3 Å². The third kappa shape index (κ3) is 4.11. The quantitative estimate of drug-likeness (QED) is 0.921. The van der Waals surface area contributed by atoms with Crippen LogP contribution < -0.4 is 4.90 Å². The number of carboxylic acid groups (broad SMARTS) is 1. The van der Waals surface area contributed by atoms with Crippen molar-refractivity contribution in [2.75, 3.05) is 31.1 Å². The van der Waals surface area contributed by atoms with Gasteiger partial charge < -0.3 is 10.0 Å². The fraction of sp³-hybridized carbons (Fsp3) is 0.500. The molecule has 1 saturated heterocycles. The number of rotatable bonds is 4. The summed E-state index contributed by atoms with van der Waals surface area (Å²) in [5, 5.41) is 9.87. The number of nitrogens with zero attached hydrogens (tertiary/aromatic N) is 2. The topological polar surface area (TPSA) is 43.8 Å². The zero-order valence-electron chi connectivity index (χ0n) is 10.9. The molecule has 0 saturated carbocycles. The first-order valence-corrected chi connectivity index (χ1v) is 7.03. The van der Waals surface area contributed by atoms with Crippen LogP contribution in [0, 0.1) is 0 Å². The van der Waals surface area contributed by atoms with Gasteiger partial charge in [0.25, 0.3) is 0 Å². The van der Waals surface area contributed by atoms with Gasteiger partial charge in [0.1, 0.15) is 0 Å². The number of carbonyl (C=O) groups is 1. The molecule has 1 N–H and O–H groups in total. The Balaban J connectivity index is 1.98. The van der Waals surface area contributed by atoms with E-state index in [9.17, 15) is 9.90 Å². The van der Waals surface area contributed by atoms with Gasteiger partial charge in [0.2, 0.25) is 0 Å². The first kappa shape index (κ1) is 14.2. The first-order chi connectivity index (χ1) is 9.16. The summed E-state index contributed by atoms with van der Waals surface area (Å²) in [6, 6.07) is 6.98. The molecule has 2 rings (SSSR count). The Morgan fingerprint density at radius 2 is 2.05 bits per heavy atom. The van der Waals surface area contributed by atoms with Crippen molar-refractivity contribution in [3.05, 3.63) is 29.3 Å². The molecule has 1 fully saturated rings. The molecule has 0 atom stereocenters. The predicted octanol–water partition coefficient (Wildman–Crippen LogP) is 3.31. The molecular formula is C14H19ClN2O2. The summed E-state index contributed by atoms with van der Waals surface area (Å²) in [6.07, 6.45) is 2.78. The lowest BCUT2D eigenvalue weighted by Crippen LogP contribution is -2.40. The number of amides is 1. The standard InChI is InChI=1S/C14H19ClN2O2/c15-12-5-4-6-13(11-12)17(14(18)19)10-9-16-7-2-1-3-8-16/h4-6,11H,1-3,7-10H2,(H,18,19). The monoisotopic (exact) mass is 282 g/mol. The molecule has 0 bridgehead atoms. The fourth-order valence-corrected chi connectivity index (χ4v) is 2.59. The number of anilines is 1. The van der Waals surface area contributed by atoms with Gasteiger partial charge in [-0.2, -0.15) is 0 Å². The molecule has 1 amide bonds. The Kier molecular flexibility index (Phi) is 5.05. The van der Waals surface area contributed by atoms with E-state index >= 15 is 0 Å². The lowest BCUT2D eigenvalue weighted by molar-refractivity contribution is 0.196. The molecule has 1 aliphatic rings. The Morgan fingerprint density at radius 3 is 2.68 bits per heavy atom. The van der Waals surface area contributed by atoms with Crippen molar-refractivity contribution < 1.29 is 9.90 Å². The van der Waals surface area contributed by atoms with Crippen molar-refractivity contribution in [3.63, 3.8) is 0 Å². The normalized spacial score (nSPS) is 16.3. The zero-order valence-corrected chi connectivity index (χ0v) is 11.6. The number of halogens is 1.